The number of imidazole rings is 1. The number of ether oxygens (including phenoxy) is 3. The van der Waals surface area contributed by atoms with Gasteiger partial charge < -0.3 is 28.8 Å². The Balaban J connectivity index is 1.38. The number of anilines is 1. The molecule has 0 bridgehead atoms. The van der Waals surface area contributed by atoms with Crippen molar-refractivity contribution in [3.05, 3.63) is 59.2 Å². The number of rotatable bonds is 12. The molecule has 11 heteroatoms. The summed E-state index contributed by atoms with van der Waals surface area (Å²) < 4.78 is 34.6. The largest absolute Gasteiger partial charge is 0.477 e. The van der Waals surface area contributed by atoms with Crippen LogP contribution >= 0.6 is 0 Å². The number of amides is 1. The maximum atomic E-state index is 15.1. The van der Waals surface area contributed by atoms with Gasteiger partial charge >= 0.3 is 0 Å². The van der Waals surface area contributed by atoms with Crippen LogP contribution in [0, 0.1) is 18.7 Å². The van der Waals surface area contributed by atoms with Gasteiger partial charge in [0.05, 0.1) is 24.5 Å². The lowest BCUT2D eigenvalue weighted by molar-refractivity contribution is -0.163. The number of hydrogen-bond acceptors (Lipinski definition) is 8. The third-order valence-corrected chi connectivity index (χ3v) is 8.42. The molecule has 10 nitrogen and oxygen atoms in total. The lowest BCUT2D eigenvalue weighted by Crippen LogP contribution is -2.58. The van der Waals surface area contributed by atoms with Crippen molar-refractivity contribution in [2.45, 2.75) is 84.5 Å². The number of aliphatic hydroxyl groups excluding tert-OH is 1. The molecular weight excluding hydrogens is 565 g/mol. The quantitative estimate of drug-likeness (QED) is 0.284. The highest BCUT2D eigenvalue weighted by atomic mass is 19.1. The van der Waals surface area contributed by atoms with E-state index in [4.69, 9.17) is 19.2 Å². The average molecular weight is 608 g/mol. The van der Waals surface area contributed by atoms with Crippen molar-refractivity contribution in [3.8, 4) is 17.3 Å². The first kappa shape index (κ1) is 30.5. The third-order valence-electron chi connectivity index (χ3n) is 8.42. The zero-order valence-electron chi connectivity index (χ0n) is 25.7. The summed E-state index contributed by atoms with van der Waals surface area (Å²) in [4.78, 5) is 26.9. The molecule has 3 aliphatic rings. The van der Waals surface area contributed by atoms with E-state index in [2.05, 4.69) is 4.98 Å². The first-order valence-electron chi connectivity index (χ1n) is 15.8. The number of pyridine rings is 1. The van der Waals surface area contributed by atoms with Gasteiger partial charge in [-0.05, 0) is 76.8 Å². The van der Waals surface area contributed by atoms with Crippen LogP contribution in [0.2, 0.25) is 0 Å². The van der Waals surface area contributed by atoms with Crippen molar-refractivity contribution in [3.63, 3.8) is 0 Å². The Hall–Kier alpha value is -3.54. The molecule has 2 aliphatic heterocycles. The van der Waals surface area contributed by atoms with Crippen molar-refractivity contribution < 1.29 is 28.5 Å². The maximum Gasteiger partial charge on any atom is 0.277 e. The van der Waals surface area contributed by atoms with E-state index in [9.17, 15) is 9.90 Å². The molecule has 1 saturated heterocycles. The normalized spacial score (nSPS) is 20.4. The molecule has 1 saturated carbocycles. The van der Waals surface area contributed by atoms with Gasteiger partial charge in [-0.25, -0.2) is 14.4 Å². The number of halogens is 1. The zero-order chi connectivity index (χ0) is 30.8. The average Bonchev–Trinajstić information content (AvgIpc) is 3.78. The fourth-order valence-corrected chi connectivity index (χ4v) is 5.79. The van der Waals surface area contributed by atoms with Gasteiger partial charge in [0.25, 0.3) is 5.91 Å². The SMILES string of the molecule is Cc1nc(OCC2CC2)c(-c2nc3c(n2Cc2ccccc2)C(=O)N(CCCOC2CCCCO2)C(O)N3C(C)C)cc1F. The molecule has 2 unspecified atom stereocenters. The van der Waals surface area contributed by atoms with Crippen LogP contribution in [0.4, 0.5) is 10.2 Å². The molecule has 2 fully saturated rings. The van der Waals surface area contributed by atoms with E-state index < -0.39 is 12.2 Å². The number of aliphatic hydroxyl groups is 1. The molecule has 236 valence electrons. The smallest absolute Gasteiger partial charge is 0.277 e. The van der Waals surface area contributed by atoms with Crippen LogP contribution in [0.3, 0.4) is 0 Å². The van der Waals surface area contributed by atoms with Crippen molar-refractivity contribution in [1.82, 2.24) is 19.4 Å². The number of benzene rings is 1. The Morgan fingerprint density at radius 1 is 1.14 bits per heavy atom. The molecule has 1 N–H and O–H groups in total. The number of aryl methyl sites for hydroxylation is 1. The van der Waals surface area contributed by atoms with Gasteiger partial charge in [0.1, 0.15) is 11.6 Å². The first-order chi connectivity index (χ1) is 21.3. The number of hydrogen-bond donors (Lipinski definition) is 1. The lowest BCUT2D eigenvalue weighted by Gasteiger charge is -2.42. The van der Waals surface area contributed by atoms with Crippen LogP contribution in [0.15, 0.2) is 36.4 Å². The minimum atomic E-state index is -1.23. The predicted octanol–water partition coefficient (Wildman–Crippen LogP) is 5.11. The van der Waals surface area contributed by atoms with Crippen LogP contribution in [0.25, 0.3) is 11.4 Å². The maximum absolute atomic E-state index is 15.1. The van der Waals surface area contributed by atoms with Crippen LogP contribution in [0.5, 0.6) is 5.88 Å². The van der Waals surface area contributed by atoms with Gasteiger partial charge in [0, 0.05) is 25.7 Å². The van der Waals surface area contributed by atoms with E-state index in [0.717, 1.165) is 37.7 Å². The van der Waals surface area contributed by atoms with Gasteiger partial charge in [-0.1, -0.05) is 30.3 Å². The fourth-order valence-electron chi connectivity index (χ4n) is 5.79. The standard InChI is InChI=1S/C33H42FN5O5/c1-21(2)39-30-28(32(40)37(33(39)41)15-9-17-43-27-12-7-8-16-42-27)38(19-23-10-5-4-6-11-23)29(36-30)25-18-26(34)22(3)35-31(25)44-20-24-13-14-24/h4-6,10-11,18,21,24,27,33,41H,7-9,12-17,19-20H2,1-3H3. The topological polar surface area (TPSA) is 102 Å². The van der Waals surface area contributed by atoms with E-state index in [1.165, 1.54) is 11.0 Å². The molecule has 2 atom stereocenters. The van der Waals surface area contributed by atoms with Crippen molar-refractivity contribution >= 4 is 11.7 Å². The Kier molecular flexibility index (Phi) is 9.16. The number of nitrogens with zero attached hydrogens (tertiary/aromatic N) is 5. The monoisotopic (exact) mass is 607 g/mol. The molecule has 1 aromatic carbocycles. The van der Waals surface area contributed by atoms with E-state index in [-0.39, 0.29) is 36.4 Å². The van der Waals surface area contributed by atoms with Crippen LogP contribution in [0.1, 0.15) is 74.1 Å². The van der Waals surface area contributed by atoms with Gasteiger partial charge in [0.2, 0.25) is 12.2 Å². The molecule has 3 aromatic rings. The molecule has 4 heterocycles. The molecule has 1 amide bonds. The number of fused-ring (bicyclic) bond motifs is 1. The van der Waals surface area contributed by atoms with Crippen molar-refractivity contribution in [1.29, 1.82) is 0 Å². The third kappa shape index (κ3) is 6.45. The molecule has 0 radical (unpaired) electrons. The second-order valence-corrected chi connectivity index (χ2v) is 12.2. The van der Waals surface area contributed by atoms with Gasteiger partial charge in [-0.3, -0.25) is 9.69 Å². The number of carbonyl (C=O) groups excluding carboxylic acids is 1. The van der Waals surface area contributed by atoms with E-state index >= 15 is 4.39 Å². The highest BCUT2D eigenvalue weighted by Gasteiger charge is 2.43. The number of aromatic nitrogens is 3. The summed E-state index contributed by atoms with van der Waals surface area (Å²) in [5.41, 5.74) is 1.87. The minimum absolute atomic E-state index is 0.197. The summed E-state index contributed by atoms with van der Waals surface area (Å²) in [6.07, 6.45) is 4.23. The van der Waals surface area contributed by atoms with E-state index in [1.54, 1.807) is 11.8 Å². The van der Waals surface area contributed by atoms with Gasteiger partial charge in [-0.2, -0.15) is 0 Å². The molecule has 6 rings (SSSR count). The molecule has 0 spiro atoms. The fraction of sp³-hybridized carbons (Fsp3) is 0.545. The summed E-state index contributed by atoms with van der Waals surface area (Å²) in [5.74, 6) is 0.622. The molecular formula is C33H42FN5O5. The summed E-state index contributed by atoms with van der Waals surface area (Å²) in [6.45, 7) is 7.66. The highest BCUT2D eigenvalue weighted by Crippen LogP contribution is 2.39. The van der Waals surface area contributed by atoms with E-state index in [0.29, 0.717) is 61.6 Å². The predicted molar refractivity (Wildman–Crippen MR) is 163 cm³/mol. The van der Waals surface area contributed by atoms with Crippen molar-refractivity contribution in [2.24, 2.45) is 5.92 Å². The molecule has 2 aromatic heterocycles. The molecule has 1 aliphatic carbocycles. The zero-order valence-corrected chi connectivity index (χ0v) is 25.7. The van der Waals surface area contributed by atoms with Crippen LogP contribution in [-0.4, -0.2) is 75.5 Å². The highest BCUT2D eigenvalue weighted by molar-refractivity contribution is 6.00. The summed E-state index contributed by atoms with van der Waals surface area (Å²) in [5, 5.41) is 11.5. The second-order valence-electron chi connectivity index (χ2n) is 12.2. The lowest BCUT2D eigenvalue weighted by atomic mass is 10.1. The van der Waals surface area contributed by atoms with Crippen molar-refractivity contribution in [2.75, 3.05) is 31.3 Å². The Morgan fingerprint density at radius 3 is 2.64 bits per heavy atom. The Morgan fingerprint density at radius 2 is 1.93 bits per heavy atom. The first-order valence-corrected chi connectivity index (χ1v) is 15.8. The Bertz CT molecular complexity index is 1450. The second kappa shape index (κ2) is 13.2. The van der Waals surface area contributed by atoms with E-state index in [1.807, 2.05) is 48.7 Å². The summed E-state index contributed by atoms with van der Waals surface area (Å²) in [7, 11) is 0. The molecule has 44 heavy (non-hydrogen) atoms. The van der Waals surface area contributed by atoms with Crippen LogP contribution < -0.4 is 9.64 Å². The van der Waals surface area contributed by atoms with Gasteiger partial charge in [-0.15, -0.1) is 0 Å². The summed E-state index contributed by atoms with van der Waals surface area (Å²) >= 11 is 0. The Labute approximate surface area is 257 Å². The minimum Gasteiger partial charge on any atom is -0.477 e. The van der Waals surface area contributed by atoms with Crippen LogP contribution in [-0.2, 0) is 16.0 Å². The number of carbonyl (C=O) groups is 1. The summed E-state index contributed by atoms with van der Waals surface area (Å²) in [6, 6.07) is 10.9. The van der Waals surface area contributed by atoms with Gasteiger partial charge in [0.15, 0.2) is 17.8 Å².